The molecule has 2 heterocycles. The van der Waals surface area contributed by atoms with Crippen LogP contribution in [0.25, 0.3) is 6.08 Å². The number of likely N-dealkylation sites (tertiary alicyclic amines) is 1. The summed E-state index contributed by atoms with van der Waals surface area (Å²) in [6.45, 7) is 0.759. The van der Waals surface area contributed by atoms with Gasteiger partial charge in [-0.3, -0.25) is 4.79 Å². The fourth-order valence-corrected chi connectivity index (χ4v) is 2.82. The van der Waals surface area contributed by atoms with Crippen LogP contribution in [-0.4, -0.2) is 35.0 Å². The number of carbonyl (C=O) groups is 1. The molecule has 1 atom stereocenters. The number of ether oxygens (including phenoxy) is 1. The molecule has 0 aliphatic carbocycles. The molecule has 1 aliphatic heterocycles. The van der Waals surface area contributed by atoms with E-state index in [1.807, 2.05) is 0 Å². The molecule has 0 bridgehead atoms. The van der Waals surface area contributed by atoms with Gasteiger partial charge in [0.2, 0.25) is 11.8 Å². The van der Waals surface area contributed by atoms with Crippen molar-refractivity contribution in [2.24, 2.45) is 0 Å². The Morgan fingerprint density at radius 3 is 2.70 bits per heavy atom. The van der Waals surface area contributed by atoms with Gasteiger partial charge in [0.25, 0.3) is 0 Å². The summed E-state index contributed by atoms with van der Waals surface area (Å²) in [5, 5.41) is 0.612. The number of carbonyl (C=O) groups excluding carboxylic acids is 1. The Morgan fingerprint density at radius 1 is 1.26 bits per heavy atom. The van der Waals surface area contributed by atoms with Crippen LogP contribution < -0.4 is 4.74 Å². The summed E-state index contributed by atoms with van der Waals surface area (Å²) in [6.07, 6.45) is -0.127. The fourth-order valence-electron chi connectivity index (χ4n) is 2.69. The SMILES string of the molecule is O=C(/C=C/c1ccc(Cl)cc1)N1CCC(Oc2cc(C(F)(F)F)ccn2)C1. The molecule has 142 valence electrons. The van der Waals surface area contributed by atoms with Crippen molar-refractivity contribution in [1.82, 2.24) is 9.88 Å². The van der Waals surface area contributed by atoms with E-state index in [-0.39, 0.29) is 11.8 Å². The zero-order chi connectivity index (χ0) is 19.4. The summed E-state index contributed by atoms with van der Waals surface area (Å²) in [6, 6.07) is 8.80. The van der Waals surface area contributed by atoms with Crippen LogP contribution in [0.3, 0.4) is 0 Å². The minimum Gasteiger partial charge on any atom is -0.472 e. The molecule has 2 aromatic rings. The third-order valence-corrected chi connectivity index (χ3v) is 4.35. The fraction of sp³-hybridized carbons (Fsp3) is 0.263. The number of hydrogen-bond donors (Lipinski definition) is 0. The number of hydrogen-bond acceptors (Lipinski definition) is 3. The molecule has 0 saturated carbocycles. The molecule has 1 aromatic carbocycles. The minimum absolute atomic E-state index is 0.0965. The van der Waals surface area contributed by atoms with Crippen LogP contribution in [0.1, 0.15) is 17.5 Å². The van der Waals surface area contributed by atoms with E-state index in [0.717, 1.165) is 23.9 Å². The molecule has 1 aliphatic rings. The van der Waals surface area contributed by atoms with Crippen molar-refractivity contribution in [2.45, 2.75) is 18.7 Å². The van der Waals surface area contributed by atoms with Gasteiger partial charge in [0.05, 0.1) is 12.1 Å². The van der Waals surface area contributed by atoms with Gasteiger partial charge in [-0.25, -0.2) is 4.98 Å². The van der Waals surface area contributed by atoms with Crippen LogP contribution in [0.5, 0.6) is 5.88 Å². The van der Waals surface area contributed by atoms with E-state index in [9.17, 15) is 18.0 Å². The maximum absolute atomic E-state index is 12.7. The van der Waals surface area contributed by atoms with Crippen LogP contribution in [0.15, 0.2) is 48.7 Å². The molecule has 1 saturated heterocycles. The van der Waals surface area contributed by atoms with Gasteiger partial charge in [-0.2, -0.15) is 13.2 Å². The van der Waals surface area contributed by atoms with Crippen molar-refractivity contribution in [3.63, 3.8) is 0 Å². The number of nitrogens with zero attached hydrogens (tertiary/aromatic N) is 2. The summed E-state index contributed by atoms with van der Waals surface area (Å²) >= 11 is 5.81. The standard InChI is InChI=1S/C19H16ClF3N2O2/c20-15-4-1-13(2-5-15)3-6-18(26)25-10-8-16(12-25)27-17-11-14(7-9-24-17)19(21,22)23/h1-7,9,11,16H,8,10,12H2/b6-3+. The van der Waals surface area contributed by atoms with Gasteiger partial charge in [0.1, 0.15) is 6.10 Å². The molecule has 0 spiro atoms. The summed E-state index contributed by atoms with van der Waals surface area (Å²) in [5.74, 6) is -0.283. The third-order valence-electron chi connectivity index (χ3n) is 4.09. The van der Waals surface area contributed by atoms with E-state index in [1.165, 1.54) is 6.08 Å². The first-order chi connectivity index (χ1) is 12.8. The topological polar surface area (TPSA) is 42.4 Å². The number of aromatic nitrogens is 1. The lowest BCUT2D eigenvalue weighted by atomic mass is 10.2. The van der Waals surface area contributed by atoms with Crippen molar-refractivity contribution >= 4 is 23.6 Å². The lowest BCUT2D eigenvalue weighted by molar-refractivity contribution is -0.137. The van der Waals surface area contributed by atoms with Gasteiger partial charge in [0, 0.05) is 36.3 Å². The number of alkyl halides is 3. The third kappa shape index (κ3) is 5.23. The molecule has 1 fully saturated rings. The molecule has 4 nitrogen and oxygen atoms in total. The number of amides is 1. The Hall–Kier alpha value is -2.54. The summed E-state index contributed by atoms with van der Waals surface area (Å²) in [4.78, 5) is 17.7. The Morgan fingerprint density at radius 2 is 2.00 bits per heavy atom. The van der Waals surface area contributed by atoms with E-state index in [4.69, 9.17) is 16.3 Å². The van der Waals surface area contributed by atoms with Crippen molar-refractivity contribution in [3.05, 3.63) is 64.8 Å². The summed E-state index contributed by atoms with van der Waals surface area (Å²) in [7, 11) is 0. The van der Waals surface area contributed by atoms with Gasteiger partial charge in [-0.05, 0) is 29.8 Å². The first-order valence-electron chi connectivity index (χ1n) is 8.24. The van der Waals surface area contributed by atoms with Crippen molar-refractivity contribution < 1.29 is 22.7 Å². The second-order valence-corrected chi connectivity index (χ2v) is 6.51. The molecule has 1 amide bonds. The smallest absolute Gasteiger partial charge is 0.416 e. The number of pyridine rings is 1. The predicted molar refractivity (Wildman–Crippen MR) is 95.3 cm³/mol. The average molecular weight is 397 g/mol. The van der Waals surface area contributed by atoms with Gasteiger partial charge in [-0.15, -0.1) is 0 Å². The zero-order valence-corrected chi connectivity index (χ0v) is 14.9. The quantitative estimate of drug-likeness (QED) is 0.717. The molecule has 0 radical (unpaired) electrons. The lowest BCUT2D eigenvalue weighted by Crippen LogP contribution is -2.29. The second-order valence-electron chi connectivity index (χ2n) is 6.08. The van der Waals surface area contributed by atoms with E-state index < -0.39 is 17.8 Å². The molecule has 1 unspecified atom stereocenters. The summed E-state index contributed by atoms with van der Waals surface area (Å²) < 4.78 is 43.8. The monoisotopic (exact) mass is 396 g/mol. The Bertz CT molecular complexity index is 838. The largest absolute Gasteiger partial charge is 0.472 e. The Labute approximate surface area is 159 Å². The van der Waals surface area contributed by atoms with Gasteiger partial charge >= 0.3 is 6.18 Å². The Kier molecular flexibility index (Phi) is 5.70. The Balaban J connectivity index is 1.57. The maximum atomic E-state index is 12.7. The van der Waals surface area contributed by atoms with Crippen LogP contribution in [-0.2, 0) is 11.0 Å². The van der Waals surface area contributed by atoms with Crippen LogP contribution in [0.2, 0.25) is 5.02 Å². The normalized spacial score (nSPS) is 17.5. The number of halogens is 4. The van der Waals surface area contributed by atoms with E-state index in [1.54, 1.807) is 35.2 Å². The molecule has 1 aromatic heterocycles. The highest BCUT2D eigenvalue weighted by Crippen LogP contribution is 2.31. The van der Waals surface area contributed by atoms with Gasteiger partial charge in [-0.1, -0.05) is 23.7 Å². The first kappa shape index (κ1) is 19.2. The molecular formula is C19H16ClF3N2O2. The zero-order valence-electron chi connectivity index (χ0n) is 14.1. The van der Waals surface area contributed by atoms with Gasteiger partial charge in [0.15, 0.2) is 0 Å². The molecule has 3 rings (SSSR count). The number of rotatable bonds is 4. The second kappa shape index (κ2) is 8.00. The molecule has 27 heavy (non-hydrogen) atoms. The molecule has 8 heteroatoms. The first-order valence-corrected chi connectivity index (χ1v) is 8.61. The number of benzene rings is 1. The average Bonchev–Trinajstić information content (AvgIpc) is 3.09. The van der Waals surface area contributed by atoms with Crippen molar-refractivity contribution in [1.29, 1.82) is 0 Å². The molecular weight excluding hydrogens is 381 g/mol. The van der Waals surface area contributed by atoms with E-state index in [0.29, 0.717) is 24.5 Å². The van der Waals surface area contributed by atoms with Crippen LogP contribution in [0, 0.1) is 0 Å². The lowest BCUT2D eigenvalue weighted by Gasteiger charge is -2.16. The summed E-state index contributed by atoms with van der Waals surface area (Å²) in [5.41, 5.74) is 0.0252. The van der Waals surface area contributed by atoms with E-state index in [2.05, 4.69) is 4.98 Å². The van der Waals surface area contributed by atoms with Crippen LogP contribution in [0.4, 0.5) is 13.2 Å². The van der Waals surface area contributed by atoms with Gasteiger partial charge < -0.3 is 9.64 Å². The highest BCUT2D eigenvalue weighted by atomic mass is 35.5. The highest BCUT2D eigenvalue weighted by molar-refractivity contribution is 6.30. The minimum atomic E-state index is -4.45. The predicted octanol–water partition coefficient (Wildman–Crippen LogP) is 4.45. The van der Waals surface area contributed by atoms with Crippen molar-refractivity contribution in [3.8, 4) is 5.88 Å². The van der Waals surface area contributed by atoms with Crippen molar-refractivity contribution in [2.75, 3.05) is 13.1 Å². The molecule has 0 N–H and O–H groups in total. The highest BCUT2D eigenvalue weighted by Gasteiger charge is 2.32. The van der Waals surface area contributed by atoms with Crippen LogP contribution >= 0.6 is 11.6 Å². The van der Waals surface area contributed by atoms with E-state index >= 15 is 0 Å². The maximum Gasteiger partial charge on any atom is 0.416 e.